The maximum Gasteiger partial charge on any atom is 0.295 e. The third kappa shape index (κ3) is 6.06. The molecule has 0 aromatic heterocycles. The lowest BCUT2D eigenvalue weighted by Gasteiger charge is -2.27. The van der Waals surface area contributed by atoms with Crippen LogP contribution in [-0.4, -0.2) is 57.9 Å². The number of phenols is 1. The number of benzene rings is 2. The summed E-state index contributed by atoms with van der Waals surface area (Å²) in [6.45, 7) is 7.69. The van der Waals surface area contributed by atoms with E-state index >= 15 is 0 Å². The number of nitrogens with zero attached hydrogens (tertiary/aromatic N) is 2. The quantitative estimate of drug-likeness (QED) is 0.259. The average molecular weight is 465 g/mol. The number of aliphatic hydroxyl groups excluding tert-OH is 1. The molecule has 0 saturated carbocycles. The number of rotatable bonds is 12. The van der Waals surface area contributed by atoms with Crippen LogP contribution in [0.3, 0.4) is 0 Å². The molecule has 2 N–H and O–H groups in total. The molecule has 1 saturated heterocycles. The normalized spacial score (nSPS) is 17.6. The van der Waals surface area contributed by atoms with Crippen molar-refractivity contribution in [3.05, 3.63) is 71.3 Å². The van der Waals surface area contributed by atoms with E-state index in [9.17, 15) is 19.8 Å². The molecule has 6 heteroatoms. The van der Waals surface area contributed by atoms with Gasteiger partial charge in [0.25, 0.3) is 11.7 Å². The predicted molar refractivity (Wildman–Crippen MR) is 134 cm³/mol. The number of aromatic hydroxyl groups is 1. The van der Waals surface area contributed by atoms with Crippen molar-refractivity contribution in [1.29, 1.82) is 0 Å². The van der Waals surface area contributed by atoms with Gasteiger partial charge >= 0.3 is 0 Å². The molecule has 2 aromatic rings. The number of likely N-dealkylation sites (tertiary alicyclic amines) is 1. The lowest BCUT2D eigenvalue weighted by atomic mass is 9.95. The smallest absolute Gasteiger partial charge is 0.295 e. The molecule has 1 aliphatic rings. The minimum absolute atomic E-state index is 0.0933. The molecule has 1 heterocycles. The number of carbonyl (C=O) groups is 2. The molecular formula is C28H36N2O4. The second kappa shape index (κ2) is 12.4. The van der Waals surface area contributed by atoms with Gasteiger partial charge in [0.05, 0.1) is 11.6 Å². The van der Waals surface area contributed by atoms with Gasteiger partial charge in [-0.2, -0.15) is 0 Å². The zero-order valence-corrected chi connectivity index (χ0v) is 20.2. The van der Waals surface area contributed by atoms with Crippen LogP contribution in [0.4, 0.5) is 0 Å². The number of amides is 1. The van der Waals surface area contributed by atoms with Gasteiger partial charge in [-0.3, -0.25) is 9.59 Å². The van der Waals surface area contributed by atoms with Crippen LogP contribution in [0.25, 0.3) is 5.76 Å². The molecule has 2 aromatic carbocycles. The molecule has 0 radical (unpaired) electrons. The Balaban J connectivity index is 1.88. The highest BCUT2D eigenvalue weighted by Gasteiger charge is 2.45. The lowest BCUT2D eigenvalue weighted by molar-refractivity contribution is -0.140. The first kappa shape index (κ1) is 25.5. The molecule has 34 heavy (non-hydrogen) atoms. The summed E-state index contributed by atoms with van der Waals surface area (Å²) in [5.41, 5.74) is 1.27. The van der Waals surface area contributed by atoms with Crippen molar-refractivity contribution in [2.45, 2.75) is 52.0 Å². The summed E-state index contributed by atoms with van der Waals surface area (Å²) >= 11 is 0. The highest BCUT2D eigenvalue weighted by atomic mass is 16.3. The van der Waals surface area contributed by atoms with Gasteiger partial charge in [0.2, 0.25) is 0 Å². The van der Waals surface area contributed by atoms with E-state index < -0.39 is 17.7 Å². The van der Waals surface area contributed by atoms with E-state index in [1.165, 1.54) is 12.1 Å². The molecule has 1 amide bonds. The molecule has 0 bridgehead atoms. The van der Waals surface area contributed by atoms with Gasteiger partial charge in [0.15, 0.2) is 0 Å². The number of carbonyl (C=O) groups excluding carboxylic acids is 2. The van der Waals surface area contributed by atoms with Crippen molar-refractivity contribution in [1.82, 2.24) is 9.80 Å². The Morgan fingerprint density at radius 3 is 2.06 bits per heavy atom. The number of aliphatic hydroxyl groups is 1. The zero-order valence-electron chi connectivity index (χ0n) is 20.2. The van der Waals surface area contributed by atoms with Crippen molar-refractivity contribution in [3.63, 3.8) is 0 Å². The Labute approximate surface area is 202 Å². The number of ketones is 1. The molecule has 1 fully saturated rings. The van der Waals surface area contributed by atoms with Crippen LogP contribution in [0.15, 0.2) is 60.2 Å². The number of phenolic OH excluding ortho intramolecular Hbond substituents is 1. The van der Waals surface area contributed by atoms with Crippen LogP contribution in [0.2, 0.25) is 0 Å². The van der Waals surface area contributed by atoms with Crippen molar-refractivity contribution < 1.29 is 19.8 Å². The van der Waals surface area contributed by atoms with Gasteiger partial charge in [-0.15, -0.1) is 0 Å². The molecule has 1 aliphatic heterocycles. The number of hydrogen-bond acceptors (Lipinski definition) is 5. The monoisotopic (exact) mass is 464 g/mol. The van der Waals surface area contributed by atoms with Crippen LogP contribution in [-0.2, 0) is 9.59 Å². The Morgan fingerprint density at radius 1 is 0.882 bits per heavy atom. The van der Waals surface area contributed by atoms with Crippen LogP contribution >= 0.6 is 0 Å². The second-order valence-electron chi connectivity index (χ2n) is 8.85. The van der Waals surface area contributed by atoms with Crippen molar-refractivity contribution in [3.8, 4) is 5.75 Å². The Hall–Kier alpha value is -3.12. The Kier molecular flexibility index (Phi) is 9.28. The highest BCUT2D eigenvalue weighted by molar-refractivity contribution is 6.46. The molecule has 6 nitrogen and oxygen atoms in total. The fourth-order valence-corrected chi connectivity index (χ4v) is 4.43. The maximum absolute atomic E-state index is 13.1. The lowest BCUT2D eigenvalue weighted by Crippen LogP contribution is -2.34. The summed E-state index contributed by atoms with van der Waals surface area (Å²) < 4.78 is 0. The molecule has 3 rings (SSSR count). The zero-order chi connectivity index (χ0) is 24.5. The summed E-state index contributed by atoms with van der Waals surface area (Å²) in [5.74, 6) is -1.34. The first-order valence-corrected chi connectivity index (χ1v) is 12.3. The minimum Gasteiger partial charge on any atom is -0.508 e. The topological polar surface area (TPSA) is 81.1 Å². The first-order chi connectivity index (χ1) is 16.5. The largest absolute Gasteiger partial charge is 0.508 e. The van der Waals surface area contributed by atoms with E-state index in [1.54, 1.807) is 41.3 Å². The third-order valence-corrected chi connectivity index (χ3v) is 6.33. The van der Waals surface area contributed by atoms with Gasteiger partial charge in [-0.05, 0) is 56.6 Å². The van der Waals surface area contributed by atoms with Crippen molar-refractivity contribution in [2.75, 3.05) is 26.2 Å². The Bertz CT molecular complexity index is 977. The summed E-state index contributed by atoms with van der Waals surface area (Å²) in [6, 6.07) is 14.6. The van der Waals surface area contributed by atoms with E-state index in [-0.39, 0.29) is 17.1 Å². The summed E-state index contributed by atoms with van der Waals surface area (Å²) in [4.78, 5) is 30.2. The molecule has 182 valence electrons. The fourth-order valence-electron chi connectivity index (χ4n) is 4.43. The van der Waals surface area contributed by atoms with E-state index in [0.717, 1.165) is 51.7 Å². The predicted octanol–water partition coefficient (Wildman–Crippen LogP) is 5.11. The minimum atomic E-state index is -0.694. The van der Waals surface area contributed by atoms with Crippen molar-refractivity contribution in [2.24, 2.45) is 0 Å². The van der Waals surface area contributed by atoms with E-state index in [0.29, 0.717) is 17.7 Å². The van der Waals surface area contributed by atoms with Gasteiger partial charge < -0.3 is 20.0 Å². The number of unbranched alkanes of at least 4 members (excludes halogenated alkanes) is 2. The SMILES string of the molecule is CCCCN(CCCC)CCCN1C(=O)C(=O)C(=C(O)c2ccccc2)[C@H]1c1ccc(O)cc1. The van der Waals surface area contributed by atoms with Gasteiger partial charge in [-0.1, -0.05) is 69.2 Å². The van der Waals surface area contributed by atoms with E-state index in [4.69, 9.17) is 0 Å². The van der Waals surface area contributed by atoms with Crippen molar-refractivity contribution >= 4 is 17.4 Å². The molecule has 0 spiro atoms. The fraction of sp³-hybridized carbons (Fsp3) is 0.429. The van der Waals surface area contributed by atoms with Gasteiger partial charge in [0.1, 0.15) is 11.5 Å². The molecular weight excluding hydrogens is 428 g/mol. The molecule has 0 unspecified atom stereocenters. The number of hydrogen-bond donors (Lipinski definition) is 2. The van der Waals surface area contributed by atoms with Gasteiger partial charge in [0, 0.05) is 12.1 Å². The number of Topliss-reactive ketones (excluding diaryl/α,β-unsaturated/α-hetero) is 1. The van der Waals surface area contributed by atoms with E-state index in [1.807, 2.05) is 6.07 Å². The average Bonchev–Trinajstić information content (AvgIpc) is 3.11. The Morgan fingerprint density at radius 2 is 1.47 bits per heavy atom. The first-order valence-electron chi connectivity index (χ1n) is 12.3. The second-order valence-corrected chi connectivity index (χ2v) is 8.85. The third-order valence-electron chi connectivity index (χ3n) is 6.33. The molecule has 1 atom stereocenters. The van der Waals surface area contributed by atoms with Crippen LogP contribution in [0, 0.1) is 0 Å². The van der Waals surface area contributed by atoms with Crippen LogP contribution in [0.5, 0.6) is 5.75 Å². The maximum atomic E-state index is 13.1. The standard InChI is InChI=1S/C28H36N2O4/c1-3-5-17-29(18-6-4-2)19-10-20-30-25(21-13-15-23(31)16-14-21)24(27(33)28(30)34)26(32)22-11-8-7-9-12-22/h7-9,11-16,25,31-32H,3-6,10,17-20H2,1-2H3/t25-/m1/s1. The summed E-state index contributed by atoms with van der Waals surface area (Å²) in [5, 5.41) is 20.8. The van der Waals surface area contributed by atoms with Crippen LogP contribution < -0.4 is 0 Å². The summed E-state index contributed by atoms with van der Waals surface area (Å²) in [7, 11) is 0. The highest BCUT2D eigenvalue weighted by Crippen LogP contribution is 2.39. The van der Waals surface area contributed by atoms with Gasteiger partial charge in [-0.25, -0.2) is 0 Å². The van der Waals surface area contributed by atoms with E-state index in [2.05, 4.69) is 18.7 Å². The van der Waals surface area contributed by atoms with Crippen LogP contribution in [0.1, 0.15) is 63.1 Å². The molecule has 0 aliphatic carbocycles. The summed E-state index contributed by atoms with van der Waals surface area (Å²) in [6.07, 6.45) is 5.28.